The summed E-state index contributed by atoms with van der Waals surface area (Å²) in [4.78, 5) is 25.3. The molecule has 31 heavy (non-hydrogen) atoms. The zero-order valence-electron chi connectivity index (χ0n) is 16.8. The second-order valence-corrected chi connectivity index (χ2v) is 6.66. The number of para-hydroxylation sites is 1. The lowest BCUT2D eigenvalue weighted by atomic mass is 10.1. The maximum atomic E-state index is 12.9. The molecular weight excluding hydrogens is 392 g/mol. The number of rotatable bonds is 5. The Bertz CT molecular complexity index is 1190. The molecule has 0 bridgehead atoms. The largest absolute Gasteiger partial charge is 0.497 e. The van der Waals surface area contributed by atoms with E-state index in [9.17, 15) is 9.59 Å². The number of ether oxygens (including phenoxy) is 1. The lowest BCUT2D eigenvalue weighted by Crippen LogP contribution is -2.42. The first kappa shape index (κ1) is 19.9. The molecule has 154 valence electrons. The number of amides is 2. The van der Waals surface area contributed by atoms with E-state index >= 15 is 0 Å². The van der Waals surface area contributed by atoms with Gasteiger partial charge in [-0.15, -0.1) is 0 Å². The fourth-order valence-electron chi connectivity index (χ4n) is 3.05. The fourth-order valence-corrected chi connectivity index (χ4v) is 3.05. The molecule has 7 nitrogen and oxygen atoms in total. The van der Waals surface area contributed by atoms with Crippen molar-refractivity contribution in [2.75, 3.05) is 7.11 Å². The van der Waals surface area contributed by atoms with Gasteiger partial charge in [-0.2, -0.15) is 5.10 Å². The van der Waals surface area contributed by atoms with Crippen molar-refractivity contribution in [2.24, 2.45) is 0 Å². The molecule has 0 unspecified atom stereocenters. The molecule has 2 N–H and O–H groups in total. The third kappa shape index (κ3) is 4.45. The predicted octanol–water partition coefficient (Wildman–Crippen LogP) is 3.62. The molecule has 1 aromatic heterocycles. The minimum Gasteiger partial charge on any atom is -0.497 e. The molecule has 3 aromatic carbocycles. The van der Waals surface area contributed by atoms with Crippen molar-refractivity contribution in [1.29, 1.82) is 0 Å². The number of aromatic nitrogens is 2. The van der Waals surface area contributed by atoms with Crippen LogP contribution in [0.5, 0.6) is 5.75 Å². The van der Waals surface area contributed by atoms with Crippen molar-refractivity contribution in [1.82, 2.24) is 20.6 Å². The fraction of sp³-hybridized carbons (Fsp3) is 0.0417. The quantitative estimate of drug-likeness (QED) is 0.490. The molecule has 2 amide bonds. The van der Waals surface area contributed by atoms with E-state index in [2.05, 4.69) is 16.0 Å². The van der Waals surface area contributed by atoms with E-state index in [0.29, 0.717) is 22.7 Å². The van der Waals surface area contributed by atoms with Crippen LogP contribution in [-0.2, 0) is 0 Å². The highest BCUT2D eigenvalue weighted by atomic mass is 16.5. The Balaban J connectivity index is 1.57. The summed E-state index contributed by atoms with van der Waals surface area (Å²) in [7, 11) is 1.55. The molecule has 0 spiro atoms. The molecule has 0 aliphatic heterocycles. The topological polar surface area (TPSA) is 85.2 Å². The third-order valence-corrected chi connectivity index (χ3v) is 4.65. The predicted molar refractivity (Wildman–Crippen MR) is 117 cm³/mol. The van der Waals surface area contributed by atoms with Crippen molar-refractivity contribution >= 4 is 11.8 Å². The average molecular weight is 412 g/mol. The van der Waals surface area contributed by atoms with Crippen LogP contribution in [0, 0.1) is 0 Å². The van der Waals surface area contributed by atoms with Gasteiger partial charge in [-0.25, -0.2) is 4.68 Å². The SMILES string of the molecule is COc1ccc(C(=O)NNC(=O)c2cc(-c3ccccc3)nn2-c2ccccc2)cc1. The summed E-state index contributed by atoms with van der Waals surface area (Å²) >= 11 is 0. The Kier molecular flexibility index (Phi) is 5.75. The second kappa shape index (κ2) is 8.96. The van der Waals surface area contributed by atoms with E-state index in [1.54, 1.807) is 42.1 Å². The van der Waals surface area contributed by atoms with E-state index < -0.39 is 11.8 Å². The third-order valence-electron chi connectivity index (χ3n) is 4.65. The van der Waals surface area contributed by atoms with E-state index in [1.807, 2.05) is 60.7 Å². The number of methoxy groups -OCH3 is 1. The van der Waals surface area contributed by atoms with Gasteiger partial charge in [0.25, 0.3) is 11.8 Å². The van der Waals surface area contributed by atoms with E-state index in [1.165, 1.54) is 0 Å². The van der Waals surface area contributed by atoms with Gasteiger partial charge in [0.1, 0.15) is 11.4 Å². The van der Waals surface area contributed by atoms with Crippen LogP contribution >= 0.6 is 0 Å². The highest BCUT2D eigenvalue weighted by Crippen LogP contribution is 2.21. The Morgan fingerprint density at radius 3 is 2.06 bits per heavy atom. The van der Waals surface area contributed by atoms with Crippen LogP contribution in [0.4, 0.5) is 0 Å². The van der Waals surface area contributed by atoms with Gasteiger partial charge in [-0.05, 0) is 42.5 Å². The van der Waals surface area contributed by atoms with E-state index in [0.717, 1.165) is 11.3 Å². The van der Waals surface area contributed by atoms with Gasteiger partial charge >= 0.3 is 0 Å². The number of hydrazine groups is 1. The van der Waals surface area contributed by atoms with Crippen LogP contribution in [0.1, 0.15) is 20.8 Å². The summed E-state index contributed by atoms with van der Waals surface area (Å²) in [6, 6.07) is 27.2. The van der Waals surface area contributed by atoms with E-state index in [4.69, 9.17) is 4.74 Å². The summed E-state index contributed by atoms with van der Waals surface area (Å²) in [6.07, 6.45) is 0. The smallest absolute Gasteiger partial charge is 0.288 e. The summed E-state index contributed by atoms with van der Waals surface area (Å²) in [5.74, 6) is -0.286. The van der Waals surface area contributed by atoms with Gasteiger partial charge in [0.15, 0.2) is 0 Å². The van der Waals surface area contributed by atoms with E-state index in [-0.39, 0.29) is 0 Å². The van der Waals surface area contributed by atoms with Crippen LogP contribution in [-0.4, -0.2) is 28.7 Å². The van der Waals surface area contributed by atoms with Gasteiger partial charge in [-0.3, -0.25) is 20.4 Å². The number of nitrogens with zero attached hydrogens (tertiary/aromatic N) is 2. The number of hydrogen-bond donors (Lipinski definition) is 2. The molecular formula is C24H20N4O3. The monoisotopic (exact) mass is 412 g/mol. The van der Waals surface area contributed by atoms with Crippen molar-refractivity contribution in [3.8, 4) is 22.7 Å². The van der Waals surface area contributed by atoms with Crippen molar-refractivity contribution in [3.63, 3.8) is 0 Å². The Morgan fingerprint density at radius 1 is 0.806 bits per heavy atom. The van der Waals surface area contributed by atoms with Crippen LogP contribution < -0.4 is 15.6 Å². The maximum Gasteiger partial charge on any atom is 0.288 e. The standard InChI is InChI=1S/C24H20N4O3/c1-31-20-14-12-18(13-15-20)23(29)25-26-24(30)22-16-21(17-8-4-2-5-9-17)27-28(22)19-10-6-3-7-11-19/h2-16H,1H3,(H,25,29)(H,26,30). The molecule has 1 heterocycles. The molecule has 0 atom stereocenters. The molecule has 0 fully saturated rings. The minimum atomic E-state index is -0.486. The number of carbonyl (C=O) groups is 2. The Hall–Kier alpha value is -4.39. The lowest BCUT2D eigenvalue weighted by molar-refractivity contribution is 0.0842. The molecule has 0 saturated carbocycles. The Morgan fingerprint density at radius 2 is 1.42 bits per heavy atom. The number of hydrogen-bond acceptors (Lipinski definition) is 4. The first-order valence-electron chi connectivity index (χ1n) is 9.61. The summed E-state index contributed by atoms with van der Waals surface area (Å²) in [5, 5.41) is 4.61. The minimum absolute atomic E-state index is 0.292. The highest BCUT2D eigenvalue weighted by molar-refractivity contribution is 5.99. The number of nitrogens with one attached hydrogen (secondary N) is 2. The zero-order chi connectivity index (χ0) is 21.6. The highest BCUT2D eigenvalue weighted by Gasteiger charge is 2.18. The van der Waals surface area contributed by atoms with Crippen molar-refractivity contribution in [2.45, 2.75) is 0 Å². The maximum absolute atomic E-state index is 12.9. The first-order valence-corrected chi connectivity index (χ1v) is 9.61. The first-order chi connectivity index (χ1) is 15.2. The van der Waals surface area contributed by atoms with Gasteiger partial charge in [0.05, 0.1) is 18.5 Å². The Labute approximate surface area is 179 Å². The summed E-state index contributed by atoms with van der Waals surface area (Å²) in [6.45, 7) is 0. The number of benzene rings is 3. The summed E-state index contributed by atoms with van der Waals surface area (Å²) in [5.41, 5.74) is 7.86. The molecule has 7 heteroatoms. The molecule has 0 saturated heterocycles. The van der Waals surface area contributed by atoms with Gasteiger partial charge in [0, 0.05) is 11.1 Å². The van der Waals surface area contributed by atoms with Crippen LogP contribution in [0.2, 0.25) is 0 Å². The van der Waals surface area contributed by atoms with Crippen LogP contribution in [0.15, 0.2) is 91.0 Å². The van der Waals surface area contributed by atoms with Gasteiger partial charge in [0.2, 0.25) is 0 Å². The molecule has 0 radical (unpaired) electrons. The van der Waals surface area contributed by atoms with Gasteiger partial charge in [-0.1, -0.05) is 48.5 Å². The van der Waals surface area contributed by atoms with Gasteiger partial charge < -0.3 is 4.74 Å². The van der Waals surface area contributed by atoms with Crippen molar-refractivity contribution in [3.05, 3.63) is 102 Å². The molecule has 0 aliphatic carbocycles. The lowest BCUT2D eigenvalue weighted by Gasteiger charge is -2.09. The molecule has 0 aliphatic rings. The molecule has 4 aromatic rings. The van der Waals surface area contributed by atoms with Crippen molar-refractivity contribution < 1.29 is 14.3 Å². The van der Waals surface area contributed by atoms with Crippen LogP contribution in [0.25, 0.3) is 16.9 Å². The van der Waals surface area contributed by atoms with Crippen LogP contribution in [0.3, 0.4) is 0 Å². The average Bonchev–Trinajstić information content (AvgIpc) is 3.29. The molecule has 4 rings (SSSR count). The summed E-state index contributed by atoms with van der Waals surface area (Å²) < 4.78 is 6.64. The normalized spacial score (nSPS) is 10.4. The second-order valence-electron chi connectivity index (χ2n) is 6.66. The zero-order valence-corrected chi connectivity index (χ0v) is 16.8. The number of carbonyl (C=O) groups excluding carboxylic acids is 2.